The second kappa shape index (κ2) is 4.99. The lowest BCUT2D eigenvalue weighted by molar-refractivity contribution is -0.114. The second-order valence-corrected chi connectivity index (χ2v) is 5.92. The molecule has 1 aromatic carbocycles. The van der Waals surface area contributed by atoms with Crippen LogP contribution in [-0.2, 0) is 4.79 Å². The van der Waals surface area contributed by atoms with Gasteiger partial charge in [-0.05, 0) is 18.2 Å². The monoisotopic (exact) mass is 424 g/mol. The van der Waals surface area contributed by atoms with E-state index in [1.165, 1.54) is 9.12 Å². The van der Waals surface area contributed by atoms with Crippen LogP contribution >= 0.6 is 46.3 Å². The largest absolute Gasteiger partial charge is 0.363 e. The molecule has 2 rings (SSSR count). The van der Waals surface area contributed by atoms with Crippen LogP contribution in [0.5, 0.6) is 0 Å². The van der Waals surface area contributed by atoms with Crippen molar-refractivity contribution in [3.63, 3.8) is 0 Å². The predicted molar refractivity (Wildman–Crippen MR) is 80.2 cm³/mol. The van der Waals surface area contributed by atoms with E-state index in [4.69, 9.17) is 5.73 Å². The van der Waals surface area contributed by atoms with Gasteiger partial charge in [0, 0.05) is 46.4 Å². The average molecular weight is 425 g/mol. The molecule has 17 heavy (non-hydrogen) atoms. The smallest absolute Gasteiger partial charge is 0.289 e. The molecule has 7 heteroatoms. The maximum atomic E-state index is 11.7. The van der Waals surface area contributed by atoms with Crippen LogP contribution in [-0.4, -0.2) is 15.7 Å². The predicted octanol–water partition coefficient (Wildman–Crippen LogP) is 2.92. The van der Waals surface area contributed by atoms with Crippen molar-refractivity contribution in [2.24, 2.45) is 5.73 Å². The van der Waals surface area contributed by atoms with Gasteiger partial charge in [-0.2, -0.15) is 0 Å². The van der Waals surface area contributed by atoms with E-state index in [0.29, 0.717) is 10.9 Å². The highest BCUT2D eigenvalue weighted by Crippen LogP contribution is 2.30. The third-order valence-corrected chi connectivity index (χ3v) is 4.49. The number of halogens is 2. The Balaban J connectivity index is 2.75. The lowest BCUT2D eigenvalue weighted by atomic mass is 10.1. The number of Topliss-reactive ketones (excluding diaryl/α,β-unsaturated/α-hetero) is 1. The summed E-state index contributed by atoms with van der Waals surface area (Å²) in [4.78, 5) is 22.7. The van der Waals surface area contributed by atoms with Crippen molar-refractivity contribution in [3.8, 4) is 0 Å². The Hall–Kier alpha value is -0.540. The number of ketones is 1. The number of nitrogens with two attached hydrogens (primary N) is 1. The molecule has 1 aromatic heterocycles. The molecular formula is C10H6BrIN2O2S. The van der Waals surface area contributed by atoms with Crippen LogP contribution < -0.4 is 5.73 Å². The standard InChI is InChI=1S/C10H6BrIN2O2S/c11-5-1-2-8-6(3-5)7(4-14(8)17-12)9(15)10(13)16/h1-4H,(H2,13,16). The van der Waals surface area contributed by atoms with Crippen LogP contribution in [0.15, 0.2) is 28.9 Å². The number of carbonyl (C=O) groups excluding carboxylic acids is 2. The molecular weight excluding hydrogens is 419 g/mol. The Labute approximate surface area is 122 Å². The van der Waals surface area contributed by atoms with E-state index in [1.54, 1.807) is 12.3 Å². The molecule has 0 aliphatic heterocycles. The highest BCUT2D eigenvalue weighted by atomic mass is 127. The van der Waals surface area contributed by atoms with E-state index < -0.39 is 11.7 Å². The Morgan fingerprint density at radius 3 is 2.71 bits per heavy atom. The van der Waals surface area contributed by atoms with E-state index in [0.717, 1.165) is 9.99 Å². The molecule has 0 saturated heterocycles. The molecule has 0 aliphatic carbocycles. The molecule has 4 nitrogen and oxygen atoms in total. The van der Waals surface area contributed by atoms with Crippen LogP contribution in [0.4, 0.5) is 0 Å². The van der Waals surface area contributed by atoms with Gasteiger partial charge >= 0.3 is 0 Å². The molecule has 0 unspecified atom stereocenters. The lowest BCUT2D eigenvalue weighted by Gasteiger charge is -1.97. The highest BCUT2D eigenvalue weighted by molar-refractivity contribution is 14.2. The summed E-state index contributed by atoms with van der Waals surface area (Å²) in [6, 6.07) is 5.56. The van der Waals surface area contributed by atoms with E-state index in [2.05, 4.69) is 37.1 Å². The van der Waals surface area contributed by atoms with Crippen molar-refractivity contribution in [1.82, 2.24) is 3.97 Å². The molecule has 1 heterocycles. The number of hydrogen-bond acceptors (Lipinski definition) is 3. The summed E-state index contributed by atoms with van der Waals surface area (Å²) in [6.45, 7) is 0. The van der Waals surface area contributed by atoms with Gasteiger partial charge in [0.2, 0.25) is 0 Å². The minimum absolute atomic E-state index is 0.331. The van der Waals surface area contributed by atoms with Crippen molar-refractivity contribution in [3.05, 3.63) is 34.4 Å². The normalized spacial score (nSPS) is 10.7. The molecule has 0 fully saturated rings. The van der Waals surface area contributed by atoms with E-state index in [-0.39, 0.29) is 0 Å². The first-order valence-electron chi connectivity index (χ1n) is 4.48. The molecule has 0 atom stereocenters. The van der Waals surface area contributed by atoms with Gasteiger partial charge in [0.15, 0.2) is 0 Å². The fourth-order valence-corrected chi connectivity index (χ4v) is 3.26. The van der Waals surface area contributed by atoms with Crippen molar-refractivity contribution in [2.75, 3.05) is 0 Å². The fraction of sp³-hybridized carbons (Fsp3) is 0. The van der Waals surface area contributed by atoms with Gasteiger partial charge in [0.1, 0.15) is 0 Å². The topological polar surface area (TPSA) is 65.1 Å². The van der Waals surface area contributed by atoms with E-state index in [1.807, 2.05) is 16.1 Å². The quantitative estimate of drug-likeness (QED) is 0.468. The highest BCUT2D eigenvalue weighted by Gasteiger charge is 2.19. The number of rotatable bonds is 3. The molecule has 0 spiro atoms. The zero-order chi connectivity index (χ0) is 12.6. The second-order valence-electron chi connectivity index (χ2n) is 3.29. The molecule has 88 valence electrons. The SMILES string of the molecule is NC(=O)C(=O)c1cn(SI)c2ccc(Br)cc12. The van der Waals surface area contributed by atoms with Crippen molar-refractivity contribution in [2.45, 2.75) is 0 Å². The zero-order valence-corrected chi connectivity index (χ0v) is 12.9. The fourth-order valence-electron chi connectivity index (χ4n) is 1.54. The molecule has 0 saturated carbocycles. The summed E-state index contributed by atoms with van der Waals surface area (Å²) in [6.07, 6.45) is 1.63. The van der Waals surface area contributed by atoms with Gasteiger partial charge in [-0.25, -0.2) is 0 Å². The Bertz CT molecular complexity index is 626. The first-order chi connectivity index (χ1) is 8.04. The Morgan fingerprint density at radius 2 is 2.12 bits per heavy atom. The first-order valence-corrected chi connectivity index (χ1v) is 8.59. The minimum Gasteiger partial charge on any atom is -0.363 e. The van der Waals surface area contributed by atoms with Gasteiger partial charge in [-0.1, -0.05) is 15.9 Å². The Morgan fingerprint density at radius 1 is 1.41 bits per heavy atom. The van der Waals surface area contributed by atoms with Gasteiger partial charge in [0.25, 0.3) is 11.7 Å². The molecule has 0 bridgehead atoms. The summed E-state index contributed by atoms with van der Waals surface area (Å²) in [5.41, 5.74) is 6.23. The number of primary amides is 1. The number of amides is 1. The van der Waals surface area contributed by atoms with Gasteiger partial charge in [-0.3, -0.25) is 13.6 Å². The maximum absolute atomic E-state index is 11.7. The van der Waals surface area contributed by atoms with Crippen molar-refractivity contribution >= 4 is 68.8 Å². The summed E-state index contributed by atoms with van der Waals surface area (Å²) in [5.74, 6) is -1.61. The maximum Gasteiger partial charge on any atom is 0.289 e. The summed E-state index contributed by atoms with van der Waals surface area (Å²) in [7, 11) is 1.42. The van der Waals surface area contributed by atoms with E-state index in [9.17, 15) is 9.59 Å². The summed E-state index contributed by atoms with van der Waals surface area (Å²) < 4.78 is 2.66. The van der Waals surface area contributed by atoms with Crippen LogP contribution in [0.25, 0.3) is 10.9 Å². The lowest BCUT2D eigenvalue weighted by Crippen LogP contribution is -2.22. The summed E-state index contributed by atoms with van der Waals surface area (Å²) >= 11 is 5.44. The molecule has 1 amide bonds. The number of hydrogen-bond donors (Lipinski definition) is 1. The molecule has 2 N–H and O–H groups in total. The molecule has 0 aliphatic rings. The third-order valence-electron chi connectivity index (χ3n) is 2.28. The van der Waals surface area contributed by atoms with Crippen LogP contribution in [0.3, 0.4) is 0 Å². The number of carbonyl (C=O) groups is 2. The van der Waals surface area contributed by atoms with Gasteiger partial charge < -0.3 is 5.73 Å². The molecule has 0 radical (unpaired) electrons. The van der Waals surface area contributed by atoms with Gasteiger partial charge in [0.05, 0.1) is 11.1 Å². The third kappa shape index (κ3) is 2.36. The minimum atomic E-state index is -0.942. The number of nitrogens with zero attached hydrogens (tertiary/aromatic N) is 1. The van der Waals surface area contributed by atoms with Crippen molar-refractivity contribution in [1.29, 1.82) is 0 Å². The van der Waals surface area contributed by atoms with Crippen molar-refractivity contribution < 1.29 is 9.59 Å². The number of aromatic nitrogens is 1. The van der Waals surface area contributed by atoms with Crippen LogP contribution in [0, 0.1) is 0 Å². The number of fused-ring (bicyclic) bond motifs is 1. The van der Waals surface area contributed by atoms with Crippen LogP contribution in [0.2, 0.25) is 0 Å². The van der Waals surface area contributed by atoms with Crippen LogP contribution in [0.1, 0.15) is 10.4 Å². The molecule has 2 aromatic rings. The van der Waals surface area contributed by atoms with E-state index >= 15 is 0 Å². The van der Waals surface area contributed by atoms with Gasteiger partial charge in [-0.15, -0.1) is 0 Å². The average Bonchev–Trinajstić information content (AvgIpc) is 2.65. The first kappa shape index (κ1) is 12.9. The Kier molecular flexibility index (Phi) is 3.79. The number of benzene rings is 1. The summed E-state index contributed by atoms with van der Waals surface area (Å²) in [5, 5.41) is 0.715. The zero-order valence-electron chi connectivity index (χ0n) is 8.31.